The van der Waals surface area contributed by atoms with Crippen LogP contribution in [0.1, 0.15) is 29.7 Å². The van der Waals surface area contributed by atoms with Crippen molar-refractivity contribution in [2.24, 2.45) is 0 Å². The Balaban J connectivity index is 2.11. The fraction of sp³-hybridized carbons (Fsp3) is 0.250. The van der Waals surface area contributed by atoms with Gasteiger partial charge in [-0.2, -0.15) is 0 Å². The number of hydrogen-bond donors (Lipinski definition) is 1. The second kappa shape index (κ2) is 6.20. The van der Waals surface area contributed by atoms with Crippen molar-refractivity contribution in [2.45, 2.75) is 25.6 Å². The Morgan fingerprint density at radius 3 is 2.25 bits per heavy atom. The van der Waals surface area contributed by atoms with Gasteiger partial charge in [0.05, 0.1) is 5.75 Å². The van der Waals surface area contributed by atoms with Gasteiger partial charge in [0.2, 0.25) is 10.0 Å². The third kappa shape index (κ3) is 3.92. The maximum absolute atomic E-state index is 12.2. The fourth-order valence-corrected chi connectivity index (χ4v) is 3.62. The molecule has 0 amide bonds. The molecule has 0 saturated heterocycles. The standard InChI is InChI=1S/C16H19NO2S/c1-13-8-6-7-11-16(13)14(2)17-20(18,19)12-15-9-4-3-5-10-15/h3-11,14,17H,12H2,1-2H3/t14-/m0/s1. The van der Waals surface area contributed by atoms with E-state index in [1.54, 1.807) is 0 Å². The van der Waals surface area contributed by atoms with Gasteiger partial charge in [-0.25, -0.2) is 13.1 Å². The van der Waals surface area contributed by atoms with Gasteiger partial charge in [-0.1, -0.05) is 54.6 Å². The lowest BCUT2D eigenvalue weighted by molar-refractivity contribution is 0.565. The summed E-state index contributed by atoms with van der Waals surface area (Å²) in [5, 5.41) is 0. The molecule has 106 valence electrons. The molecule has 0 aliphatic heterocycles. The van der Waals surface area contributed by atoms with Crippen LogP contribution in [0.15, 0.2) is 54.6 Å². The van der Waals surface area contributed by atoms with Gasteiger partial charge in [0.1, 0.15) is 0 Å². The van der Waals surface area contributed by atoms with Gasteiger partial charge in [0.15, 0.2) is 0 Å². The zero-order valence-corrected chi connectivity index (χ0v) is 12.5. The van der Waals surface area contributed by atoms with E-state index in [2.05, 4.69) is 4.72 Å². The van der Waals surface area contributed by atoms with Gasteiger partial charge in [-0.05, 0) is 30.5 Å². The molecule has 0 bridgehead atoms. The molecule has 2 rings (SSSR count). The van der Waals surface area contributed by atoms with E-state index in [0.29, 0.717) is 0 Å². The lowest BCUT2D eigenvalue weighted by atomic mass is 10.0. The van der Waals surface area contributed by atoms with E-state index >= 15 is 0 Å². The largest absolute Gasteiger partial charge is 0.216 e. The van der Waals surface area contributed by atoms with Gasteiger partial charge in [-0.15, -0.1) is 0 Å². The number of benzene rings is 2. The minimum atomic E-state index is -3.35. The first-order valence-electron chi connectivity index (χ1n) is 6.57. The molecule has 1 N–H and O–H groups in total. The molecule has 0 unspecified atom stereocenters. The summed E-state index contributed by atoms with van der Waals surface area (Å²) in [5.74, 6) is 0.00403. The zero-order valence-electron chi connectivity index (χ0n) is 11.7. The molecule has 0 heterocycles. The summed E-state index contributed by atoms with van der Waals surface area (Å²) in [6.45, 7) is 3.85. The minimum absolute atomic E-state index is 0.00403. The van der Waals surface area contributed by atoms with E-state index < -0.39 is 10.0 Å². The summed E-state index contributed by atoms with van der Waals surface area (Å²) in [6.07, 6.45) is 0. The van der Waals surface area contributed by atoms with Crippen molar-refractivity contribution >= 4 is 10.0 Å². The number of aryl methyl sites for hydroxylation is 1. The van der Waals surface area contributed by atoms with Crippen molar-refractivity contribution in [3.8, 4) is 0 Å². The van der Waals surface area contributed by atoms with Crippen molar-refractivity contribution < 1.29 is 8.42 Å². The van der Waals surface area contributed by atoms with Gasteiger partial charge < -0.3 is 0 Å². The van der Waals surface area contributed by atoms with Gasteiger partial charge in [0.25, 0.3) is 0 Å². The third-order valence-electron chi connectivity index (χ3n) is 3.21. The van der Waals surface area contributed by atoms with Crippen molar-refractivity contribution in [1.82, 2.24) is 4.72 Å². The maximum Gasteiger partial charge on any atom is 0.216 e. The lowest BCUT2D eigenvalue weighted by Crippen LogP contribution is -2.28. The van der Waals surface area contributed by atoms with Crippen LogP contribution in [0.5, 0.6) is 0 Å². The summed E-state index contributed by atoms with van der Waals surface area (Å²) in [4.78, 5) is 0. The van der Waals surface area contributed by atoms with E-state index in [0.717, 1.165) is 16.7 Å². The molecule has 0 fully saturated rings. The van der Waals surface area contributed by atoms with Crippen LogP contribution in [-0.4, -0.2) is 8.42 Å². The molecule has 0 saturated carbocycles. The first-order valence-corrected chi connectivity index (χ1v) is 8.22. The van der Waals surface area contributed by atoms with E-state index in [1.807, 2.05) is 68.4 Å². The predicted octanol–water partition coefficient (Wildman–Crippen LogP) is 3.18. The Morgan fingerprint density at radius 2 is 1.60 bits per heavy atom. The number of sulfonamides is 1. The number of rotatable bonds is 5. The highest BCUT2D eigenvalue weighted by atomic mass is 32.2. The normalized spacial score (nSPS) is 13.1. The van der Waals surface area contributed by atoms with Crippen LogP contribution in [0, 0.1) is 6.92 Å². The molecule has 4 heteroatoms. The minimum Gasteiger partial charge on any atom is -0.212 e. The fourth-order valence-electron chi connectivity index (χ4n) is 2.24. The second-order valence-corrected chi connectivity index (χ2v) is 6.69. The first-order chi connectivity index (χ1) is 9.48. The molecule has 0 spiro atoms. The molecular formula is C16H19NO2S. The molecule has 0 aliphatic rings. The molecule has 2 aromatic rings. The Labute approximate surface area is 120 Å². The smallest absolute Gasteiger partial charge is 0.212 e. The molecule has 20 heavy (non-hydrogen) atoms. The highest BCUT2D eigenvalue weighted by molar-refractivity contribution is 7.88. The van der Waals surface area contributed by atoms with Crippen molar-refractivity contribution in [2.75, 3.05) is 0 Å². The summed E-state index contributed by atoms with van der Waals surface area (Å²) < 4.78 is 27.1. The Kier molecular flexibility index (Phi) is 4.57. The van der Waals surface area contributed by atoms with Crippen LogP contribution >= 0.6 is 0 Å². The molecule has 0 aliphatic carbocycles. The highest BCUT2D eigenvalue weighted by Crippen LogP contribution is 2.18. The molecular weight excluding hydrogens is 270 g/mol. The molecule has 2 aromatic carbocycles. The van der Waals surface area contributed by atoms with Crippen molar-refractivity contribution in [3.05, 3.63) is 71.3 Å². The molecule has 0 aromatic heterocycles. The average molecular weight is 289 g/mol. The summed E-state index contributed by atoms with van der Waals surface area (Å²) >= 11 is 0. The van der Waals surface area contributed by atoms with Crippen LogP contribution in [0.2, 0.25) is 0 Å². The van der Waals surface area contributed by atoms with Crippen LogP contribution in [0.25, 0.3) is 0 Å². The van der Waals surface area contributed by atoms with Crippen LogP contribution in [0.3, 0.4) is 0 Å². The highest BCUT2D eigenvalue weighted by Gasteiger charge is 2.17. The van der Waals surface area contributed by atoms with E-state index in [1.165, 1.54) is 0 Å². The Hall–Kier alpha value is -1.65. The predicted molar refractivity (Wildman–Crippen MR) is 81.8 cm³/mol. The Bertz CT molecular complexity index is 666. The number of hydrogen-bond acceptors (Lipinski definition) is 2. The van der Waals surface area contributed by atoms with E-state index in [4.69, 9.17) is 0 Å². The average Bonchev–Trinajstić information content (AvgIpc) is 2.39. The van der Waals surface area contributed by atoms with Crippen molar-refractivity contribution in [1.29, 1.82) is 0 Å². The number of nitrogens with one attached hydrogen (secondary N) is 1. The van der Waals surface area contributed by atoms with Crippen LogP contribution in [0.4, 0.5) is 0 Å². The topological polar surface area (TPSA) is 46.2 Å². The summed E-state index contributed by atoms with van der Waals surface area (Å²) in [7, 11) is -3.35. The summed E-state index contributed by atoms with van der Waals surface area (Å²) in [6, 6.07) is 16.8. The van der Waals surface area contributed by atoms with Crippen LogP contribution in [-0.2, 0) is 15.8 Å². The lowest BCUT2D eigenvalue weighted by Gasteiger charge is -2.16. The van der Waals surface area contributed by atoms with E-state index in [-0.39, 0.29) is 11.8 Å². The van der Waals surface area contributed by atoms with Gasteiger partial charge in [-0.3, -0.25) is 0 Å². The van der Waals surface area contributed by atoms with Gasteiger partial charge >= 0.3 is 0 Å². The Morgan fingerprint density at radius 1 is 1.00 bits per heavy atom. The molecule has 3 nitrogen and oxygen atoms in total. The second-order valence-electron chi connectivity index (χ2n) is 4.94. The monoisotopic (exact) mass is 289 g/mol. The summed E-state index contributed by atoms with van der Waals surface area (Å²) in [5.41, 5.74) is 2.88. The van der Waals surface area contributed by atoms with Gasteiger partial charge in [0, 0.05) is 6.04 Å². The van der Waals surface area contributed by atoms with Crippen LogP contribution < -0.4 is 4.72 Å². The zero-order chi connectivity index (χ0) is 14.6. The molecule has 1 atom stereocenters. The maximum atomic E-state index is 12.2. The molecule has 0 radical (unpaired) electrons. The first kappa shape index (κ1) is 14.8. The third-order valence-corrected chi connectivity index (χ3v) is 4.64. The van der Waals surface area contributed by atoms with Crippen molar-refractivity contribution in [3.63, 3.8) is 0 Å². The SMILES string of the molecule is Cc1ccccc1[C@H](C)NS(=O)(=O)Cc1ccccc1. The quantitative estimate of drug-likeness (QED) is 0.919. The van der Waals surface area contributed by atoms with E-state index in [9.17, 15) is 8.42 Å².